The summed E-state index contributed by atoms with van der Waals surface area (Å²) in [5.74, 6) is 0. The van der Waals surface area contributed by atoms with Crippen molar-refractivity contribution in [2.45, 2.75) is 32.2 Å². The van der Waals surface area contributed by atoms with Gasteiger partial charge < -0.3 is 5.73 Å². The van der Waals surface area contributed by atoms with Gasteiger partial charge in [-0.25, -0.2) is 0 Å². The van der Waals surface area contributed by atoms with E-state index in [0.29, 0.717) is 6.04 Å². The molecule has 1 aromatic carbocycles. The van der Waals surface area contributed by atoms with E-state index in [9.17, 15) is 0 Å². The predicted molar refractivity (Wildman–Crippen MR) is 60.3 cm³/mol. The van der Waals surface area contributed by atoms with Gasteiger partial charge in [0.05, 0.1) is 0 Å². The molecule has 0 bridgehead atoms. The molecule has 1 nitrogen and oxygen atoms in total. The van der Waals surface area contributed by atoms with Gasteiger partial charge in [-0.1, -0.05) is 30.3 Å². The molecule has 0 unspecified atom stereocenters. The molecule has 0 aromatic heterocycles. The second-order valence-electron chi connectivity index (χ2n) is 3.36. The Labute approximate surface area is 86.7 Å². The average Bonchev–Trinajstić information content (AvgIpc) is 2.05. The maximum Gasteiger partial charge on any atom is 0.00105 e. The second kappa shape index (κ2) is 6.93. The van der Waals surface area contributed by atoms with Gasteiger partial charge in [-0.05, 0) is 31.7 Å². The Balaban J connectivity index is 0.00000144. The zero-order valence-corrected chi connectivity index (χ0v) is 8.89. The molecule has 2 N–H and O–H groups in total. The van der Waals surface area contributed by atoms with E-state index in [1.54, 1.807) is 0 Å². The van der Waals surface area contributed by atoms with Crippen LogP contribution >= 0.6 is 12.4 Å². The van der Waals surface area contributed by atoms with E-state index in [4.69, 9.17) is 5.73 Å². The monoisotopic (exact) mass is 199 g/mol. The van der Waals surface area contributed by atoms with E-state index in [2.05, 4.69) is 37.3 Å². The molecule has 0 heterocycles. The average molecular weight is 200 g/mol. The summed E-state index contributed by atoms with van der Waals surface area (Å²) >= 11 is 0. The lowest BCUT2D eigenvalue weighted by Gasteiger charge is -2.03. The summed E-state index contributed by atoms with van der Waals surface area (Å²) < 4.78 is 0. The Hall–Kier alpha value is -0.530. The van der Waals surface area contributed by atoms with Gasteiger partial charge in [-0.2, -0.15) is 0 Å². The number of halogens is 1. The fourth-order valence-electron chi connectivity index (χ4n) is 1.27. The molecular formula is C11H18ClN. The Morgan fingerprint density at radius 3 is 2.38 bits per heavy atom. The molecule has 0 spiro atoms. The van der Waals surface area contributed by atoms with Gasteiger partial charge in [0.15, 0.2) is 0 Å². The number of nitrogens with two attached hydrogens (primary N) is 1. The summed E-state index contributed by atoms with van der Waals surface area (Å²) in [7, 11) is 0. The summed E-state index contributed by atoms with van der Waals surface area (Å²) in [6.07, 6.45) is 3.47. The molecular weight excluding hydrogens is 182 g/mol. The van der Waals surface area contributed by atoms with Crippen LogP contribution in [0, 0.1) is 0 Å². The normalized spacial score (nSPS) is 11.8. The molecule has 0 saturated carbocycles. The molecule has 0 saturated heterocycles. The Kier molecular flexibility index (Phi) is 6.65. The zero-order chi connectivity index (χ0) is 8.81. The Morgan fingerprint density at radius 1 is 1.23 bits per heavy atom. The van der Waals surface area contributed by atoms with Gasteiger partial charge in [0, 0.05) is 6.04 Å². The third-order valence-corrected chi connectivity index (χ3v) is 1.97. The first-order valence-electron chi connectivity index (χ1n) is 4.58. The fourth-order valence-corrected chi connectivity index (χ4v) is 1.27. The van der Waals surface area contributed by atoms with Gasteiger partial charge in [0.25, 0.3) is 0 Å². The molecule has 0 radical (unpaired) electrons. The molecule has 1 rings (SSSR count). The maximum absolute atomic E-state index is 5.66. The largest absolute Gasteiger partial charge is 0.328 e. The summed E-state index contributed by atoms with van der Waals surface area (Å²) in [6, 6.07) is 10.9. The molecule has 0 aliphatic carbocycles. The minimum atomic E-state index is 0. The molecule has 0 aliphatic heterocycles. The van der Waals surface area contributed by atoms with Gasteiger partial charge in [0.1, 0.15) is 0 Å². The number of rotatable bonds is 4. The van der Waals surface area contributed by atoms with Crippen LogP contribution in [0.1, 0.15) is 25.3 Å². The van der Waals surface area contributed by atoms with E-state index >= 15 is 0 Å². The van der Waals surface area contributed by atoms with E-state index in [1.165, 1.54) is 12.0 Å². The topological polar surface area (TPSA) is 26.0 Å². The molecule has 0 aliphatic rings. The van der Waals surface area contributed by atoms with E-state index in [1.807, 2.05) is 0 Å². The first-order chi connectivity index (χ1) is 5.79. The van der Waals surface area contributed by atoms with Crippen molar-refractivity contribution in [2.24, 2.45) is 5.73 Å². The minimum absolute atomic E-state index is 0. The van der Waals surface area contributed by atoms with E-state index in [-0.39, 0.29) is 12.4 Å². The first kappa shape index (κ1) is 12.5. The van der Waals surface area contributed by atoms with Crippen LogP contribution in [-0.2, 0) is 6.42 Å². The zero-order valence-electron chi connectivity index (χ0n) is 8.07. The molecule has 74 valence electrons. The van der Waals surface area contributed by atoms with Crippen molar-refractivity contribution in [1.29, 1.82) is 0 Å². The summed E-state index contributed by atoms with van der Waals surface area (Å²) in [5, 5.41) is 0. The lowest BCUT2D eigenvalue weighted by Crippen LogP contribution is -2.14. The third-order valence-electron chi connectivity index (χ3n) is 1.97. The van der Waals surface area contributed by atoms with Crippen LogP contribution in [0.3, 0.4) is 0 Å². The Bertz CT molecular complexity index is 209. The van der Waals surface area contributed by atoms with Crippen LogP contribution in [0.4, 0.5) is 0 Å². The van der Waals surface area contributed by atoms with Gasteiger partial charge in [0.2, 0.25) is 0 Å². The highest BCUT2D eigenvalue weighted by Gasteiger charge is 1.94. The first-order valence-corrected chi connectivity index (χ1v) is 4.58. The van der Waals surface area contributed by atoms with Crippen molar-refractivity contribution >= 4 is 12.4 Å². The molecule has 2 heteroatoms. The quantitative estimate of drug-likeness (QED) is 0.793. The maximum atomic E-state index is 5.66. The lowest BCUT2D eigenvalue weighted by molar-refractivity contribution is 0.624. The van der Waals surface area contributed by atoms with Crippen LogP contribution in [0.15, 0.2) is 30.3 Å². The second-order valence-corrected chi connectivity index (χ2v) is 3.36. The van der Waals surface area contributed by atoms with E-state index < -0.39 is 0 Å². The van der Waals surface area contributed by atoms with Crippen LogP contribution in [0.2, 0.25) is 0 Å². The fraction of sp³-hybridized carbons (Fsp3) is 0.455. The van der Waals surface area contributed by atoms with Crippen molar-refractivity contribution < 1.29 is 0 Å². The molecule has 0 amide bonds. The van der Waals surface area contributed by atoms with Crippen LogP contribution in [-0.4, -0.2) is 6.04 Å². The number of aryl methyl sites for hydroxylation is 1. The highest BCUT2D eigenvalue weighted by atomic mass is 35.5. The van der Waals surface area contributed by atoms with Gasteiger partial charge >= 0.3 is 0 Å². The van der Waals surface area contributed by atoms with Crippen molar-refractivity contribution in [3.05, 3.63) is 35.9 Å². The van der Waals surface area contributed by atoms with Crippen LogP contribution in [0.25, 0.3) is 0 Å². The molecule has 1 atom stereocenters. The molecule has 13 heavy (non-hydrogen) atoms. The standard InChI is InChI=1S/C11H17N.ClH/c1-10(12)6-5-9-11-7-3-2-4-8-11;/h2-4,7-8,10H,5-6,9,12H2,1H3;1H/t10-;/m0./s1. The molecule has 1 aromatic rings. The lowest BCUT2D eigenvalue weighted by atomic mass is 10.1. The summed E-state index contributed by atoms with van der Waals surface area (Å²) in [6.45, 7) is 2.06. The van der Waals surface area contributed by atoms with Gasteiger partial charge in [-0.15, -0.1) is 12.4 Å². The SMILES string of the molecule is C[C@H](N)CCCc1ccccc1.Cl. The third kappa shape index (κ3) is 5.67. The smallest absolute Gasteiger partial charge is 0.00105 e. The van der Waals surface area contributed by atoms with Gasteiger partial charge in [-0.3, -0.25) is 0 Å². The predicted octanol–water partition coefficient (Wildman–Crippen LogP) is 2.78. The van der Waals surface area contributed by atoms with Crippen LogP contribution in [0.5, 0.6) is 0 Å². The van der Waals surface area contributed by atoms with Crippen molar-refractivity contribution in [2.75, 3.05) is 0 Å². The number of hydrogen-bond donors (Lipinski definition) is 1. The van der Waals surface area contributed by atoms with Crippen LogP contribution < -0.4 is 5.73 Å². The van der Waals surface area contributed by atoms with E-state index in [0.717, 1.165) is 12.8 Å². The highest BCUT2D eigenvalue weighted by Crippen LogP contribution is 2.05. The molecule has 0 fully saturated rings. The number of hydrogen-bond acceptors (Lipinski definition) is 1. The van der Waals surface area contributed by atoms with Crippen molar-refractivity contribution in [1.82, 2.24) is 0 Å². The summed E-state index contributed by atoms with van der Waals surface area (Å²) in [4.78, 5) is 0. The summed E-state index contributed by atoms with van der Waals surface area (Å²) in [5.41, 5.74) is 7.07. The van der Waals surface area contributed by atoms with Crippen molar-refractivity contribution in [3.63, 3.8) is 0 Å². The van der Waals surface area contributed by atoms with Crippen molar-refractivity contribution in [3.8, 4) is 0 Å². The Morgan fingerprint density at radius 2 is 1.85 bits per heavy atom. The highest BCUT2D eigenvalue weighted by molar-refractivity contribution is 5.85. The minimum Gasteiger partial charge on any atom is -0.328 e. The number of benzene rings is 1.